The number of aryl methyl sites for hydroxylation is 1. The second-order valence-electron chi connectivity index (χ2n) is 5.02. The van der Waals surface area contributed by atoms with E-state index in [4.69, 9.17) is 4.52 Å². The van der Waals surface area contributed by atoms with Crippen LogP contribution in [0.2, 0.25) is 0 Å². The first-order valence-corrected chi connectivity index (χ1v) is 6.54. The van der Waals surface area contributed by atoms with E-state index in [1.807, 2.05) is 32.2 Å². The van der Waals surface area contributed by atoms with Gasteiger partial charge in [0, 0.05) is 18.2 Å². The zero-order valence-corrected chi connectivity index (χ0v) is 11.8. The molecule has 2 rings (SSSR count). The summed E-state index contributed by atoms with van der Waals surface area (Å²) >= 11 is 0. The molecule has 102 valence electrons. The highest BCUT2D eigenvalue weighted by Gasteiger charge is 2.17. The van der Waals surface area contributed by atoms with Crippen molar-refractivity contribution in [1.29, 1.82) is 0 Å². The molecule has 2 aromatic heterocycles. The van der Waals surface area contributed by atoms with Crippen LogP contribution in [0.15, 0.2) is 22.7 Å². The van der Waals surface area contributed by atoms with Crippen molar-refractivity contribution >= 4 is 0 Å². The second kappa shape index (κ2) is 5.93. The van der Waals surface area contributed by atoms with Crippen LogP contribution in [0.1, 0.15) is 25.4 Å². The molecule has 0 radical (unpaired) electrons. The smallest absolute Gasteiger partial charge is 0.228 e. The summed E-state index contributed by atoms with van der Waals surface area (Å²) < 4.78 is 5.30. The van der Waals surface area contributed by atoms with Crippen molar-refractivity contribution in [2.45, 2.75) is 33.2 Å². The number of hydrogen-bond donors (Lipinski definition) is 1. The minimum atomic E-state index is 0.332. The predicted octanol–water partition coefficient (Wildman–Crippen LogP) is 2.23. The number of hydrogen-bond acceptors (Lipinski definition) is 5. The molecule has 5 nitrogen and oxygen atoms in total. The van der Waals surface area contributed by atoms with Gasteiger partial charge >= 0.3 is 0 Å². The Kier molecular flexibility index (Phi) is 4.27. The number of pyridine rings is 1. The standard InChI is InChI=1S/C14H20N4O/c1-9(2)12(15-4)8-13-17-14(18-19-13)11-7-5-6-10(3)16-11/h5-7,9,12,15H,8H2,1-4H3. The van der Waals surface area contributed by atoms with Gasteiger partial charge in [-0.3, -0.25) is 0 Å². The molecule has 0 fully saturated rings. The summed E-state index contributed by atoms with van der Waals surface area (Å²) in [7, 11) is 1.95. The van der Waals surface area contributed by atoms with E-state index in [2.05, 4.69) is 34.3 Å². The minimum absolute atomic E-state index is 0.332. The molecule has 0 aliphatic rings. The summed E-state index contributed by atoms with van der Waals surface area (Å²) in [5.41, 5.74) is 1.69. The molecule has 1 atom stereocenters. The van der Waals surface area contributed by atoms with Crippen LogP contribution in [0.4, 0.5) is 0 Å². The summed E-state index contributed by atoms with van der Waals surface area (Å²) in [5.74, 6) is 1.71. The van der Waals surface area contributed by atoms with Gasteiger partial charge in [0.2, 0.25) is 11.7 Å². The summed E-state index contributed by atoms with van der Waals surface area (Å²) in [6.45, 7) is 6.28. The summed E-state index contributed by atoms with van der Waals surface area (Å²) in [4.78, 5) is 8.80. The van der Waals surface area contributed by atoms with Gasteiger partial charge in [-0.1, -0.05) is 25.1 Å². The van der Waals surface area contributed by atoms with Crippen molar-refractivity contribution in [2.24, 2.45) is 5.92 Å². The van der Waals surface area contributed by atoms with Crippen LogP contribution >= 0.6 is 0 Å². The Hall–Kier alpha value is -1.75. The monoisotopic (exact) mass is 260 g/mol. The molecule has 5 heteroatoms. The van der Waals surface area contributed by atoms with Gasteiger partial charge in [0.05, 0.1) is 0 Å². The molecule has 0 aromatic carbocycles. The molecule has 19 heavy (non-hydrogen) atoms. The van der Waals surface area contributed by atoms with Gasteiger partial charge in [0.25, 0.3) is 0 Å². The summed E-state index contributed by atoms with van der Waals surface area (Å²) in [5, 5.41) is 7.26. The van der Waals surface area contributed by atoms with Gasteiger partial charge < -0.3 is 9.84 Å². The van der Waals surface area contributed by atoms with Gasteiger partial charge in [-0.2, -0.15) is 4.98 Å². The Morgan fingerprint density at radius 1 is 1.26 bits per heavy atom. The number of aromatic nitrogens is 3. The molecule has 0 saturated carbocycles. The molecular weight excluding hydrogens is 240 g/mol. The first-order valence-electron chi connectivity index (χ1n) is 6.54. The molecule has 0 amide bonds. The Morgan fingerprint density at radius 3 is 2.68 bits per heavy atom. The van der Waals surface area contributed by atoms with Crippen LogP contribution in [0.25, 0.3) is 11.5 Å². The average Bonchev–Trinajstić information content (AvgIpc) is 2.84. The molecule has 0 spiro atoms. The maximum absolute atomic E-state index is 5.30. The number of nitrogens with one attached hydrogen (secondary N) is 1. The highest BCUT2D eigenvalue weighted by Crippen LogP contribution is 2.15. The van der Waals surface area contributed by atoms with Crippen LogP contribution in [0.5, 0.6) is 0 Å². The maximum atomic E-state index is 5.30. The molecule has 1 N–H and O–H groups in total. The van der Waals surface area contributed by atoms with Crippen molar-refractivity contribution in [1.82, 2.24) is 20.4 Å². The molecule has 0 bridgehead atoms. The quantitative estimate of drug-likeness (QED) is 0.893. The first kappa shape index (κ1) is 13.7. The number of nitrogens with zero attached hydrogens (tertiary/aromatic N) is 3. The van der Waals surface area contributed by atoms with E-state index in [9.17, 15) is 0 Å². The third kappa shape index (κ3) is 3.38. The zero-order valence-electron chi connectivity index (χ0n) is 11.8. The Bertz CT molecular complexity index is 536. The Balaban J connectivity index is 2.15. The van der Waals surface area contributed by atoms with Crippen LogP contribution in [0.3, 0.4) is 0 Å². The van der Waals surface area contributed by atoms with E-state index in [0.717, 1.165) is 17.8 Å². The highest BCUT2D eigenvalue weighted by atomic mass is 16.5. The van der Waals surface area contributed by atoms with Crippen molar-refractivity contribution < 1.29 is 4.52 Å². The molecular formula is C14H20N4O. The van der Waals surface area contributed by atoms with E-state index in [1.54, 1.807) is 0 Å². The highest BCUT2D eigenvalue weighted by molar-refractivity contribution is 5.47. The molecule has 2 aromatic rings. The number of rotatable bonds is 5. The van der Waals surface area contributed by atoms with Crippen LogP contribution in [0, 0.1) is 12.8 Å². The maximum Gasteiger partial charge on any atom is 0.228 e. The van der Waals surface area contributed by atoms with Crippen LogP contribution in [-0.2, 0) is 6.42 Å². The summed E-state index contributed by atoms with van der Waals surface area (Å²) in [6, 6.07) is 6.11. The fraction of sp³-hybridized carbons (Fsp3) is 0.500. The molecule has 0 saturated heterocycles. The lowest BCUT2D eigenvalue weighted by Gasteiger charge is -2.17. The molecule has 0 aliphatic heterocycles. The van der Waals surface area contributed by atoms with E-state index in [0.29, 0.717) is 23.7 Å². The van der Waals surface area contributed by atoms with Crippen LogP contribution < -0.4 is 5.32 Å². The lowest BCUT2D eigenvalue weighted by atomic mass is 10.0. The largest absolute Gasteiger partial charge is 0.339 e. The van der Waals surface area contributed by atoms with Crippen molar-refractivity contribution in [3.05, 3.63) is 29.8 Å². The van der Waals surface area contributed by atoms with E-state index >= 15 is 0 Å². The lowest BCUT2D eigenvalue weighted by Crippen LogP contribution is -2.32. The fourth-order valence-corrected chi connectivity index (χ4v) is 1.97. The number of likely N-dealkylation sites (N-methyl/N-ethyl adjacent to an activating group) is 1. The van der Waals surface area contributed by atoms with E-state index < -0.39 is 0 Å². The van der Waals surface area contributed by atoms with Crippen LogP contribution in [-0.4, -0.2) is 28.2 Å². The topological polar surface area (TPSA) is 63.8 Å². The Labute approximate surface area is 113 Å². The van der Waals surface area contributed by atoms with E-state index in [-0.39, 0.29) is 0 Å². The third-order valence-electron chi connectivity index (χ3n) is 3.16. The molecule has 0 aliphatic carbocycles. The average molecular weight is 260 g/mol. The third-order valence-corrected chi connectivity index (χ3v) is 3.16. The molecule has 1 unspecified atom stereocenters. The minimum Gasteiger partial charge on any atom is -0.339 e. The first-order chi connectivity index (χ1) is 9.10. The van der Waals surface area contributed by atoms with Crippen molar-refractivity contribution in [3.63, 3.8) is 0 Å². The second-order valence-corrected chi connectivity index (χ2v) is 5.02. The van der Waals surface area contributed by atoms with Crippen molar-refractivity contribution in [3.8, 4) is 11.5 Å². The van der Waals surface area contributed by atoms with Crippen molar-refractivity contribution in [2.75, 3.05) is 7.05 Å². The van der Waals surface area contributed by atoms with Gasteiger partial charge in [-0.25, -0.2) is 4.98 Å². The normalized spacial score (nSPS) is 12.9. The van der Waals surface area contributed by atoms with Gasteiger partial charge in [-0.15, -0.1) is 0 Å². The lowest BCUT2D eigenvalue weighted by molar-refractivity contribution is 0.335. The van der Waals surface area contributed by atoms with Gasteiger partial charge in [0.15, 0.2) is 0 Å². The van der Waals surface area contributed by atoms with Gasteiger partial charge in [-0.05, 0) is 32.0 Å². The predicted molar refractivity (Wildman–Crippen MR) is 73.7 cm³/mol. The zero-order chi connectivity index (χ0) is 13.8. The fourth-order valence-electron chi connectivity index (χ4n) is 1.97. The molecule has 2 heterocycles. The summed E-state index contributed by atoms with van der Waals surface area (Å²) in [6.07, 6.45) is 0.729. The van der Waals surface area contributed by atoms with Gasteiger partial charge in [0.1, 0.15) is 5.69 Å². The van der Waals surface area contributed by atoms with E-state index in [1.165, 1.54) is 0 Å². The Morgan fingerprint density at radius 2 is 2.05 bits per heavy atom. The SMILES string of the molecule is CNC(Cc1nc(-c2cccc(C)n2)no1)C(C)C.